The van der Waals surface area contributed by atoms with Crippen molar-refractivity contribution in [2.45, 2.75) is 37.9 Å². The van der Waals surface area contributed by atoms with Crippen molar-refractivity contribution in [1.82, 2.24) is 0 Å². The Morgan fingerprint density at radius 2 is 1.93 bits per heavy atom. The summed E-state index contributed by atoms with van der Waals surface area (Å²) in [4.78, 5) is 2.77. The van der Waals surface area contributed by atoms with Crippen molar-refractivity contribution >= 4 is 0 Å². The molecule has 15 heavy (non-hydrogen) atoms. The fourth-order valence-corrected chi connectivity index (χ4v) is 2.48. The smallest absolute Gasteiger partial charge is 0.168 e. The molecule has 84 valence electrons. The molecule has 0 aromatic heterocycles. The van der Waals surface area contributed by atoms with Gasteiger partial charge in [0.25, 0.3) is 0 Å². The van der Waals surface area contributed by atoms with Crippen molar-refractivity contribution in [2.24, 2.45) is 11.0 Å². The largest absolute Gasteiger partial charge is 0.348 e. The lowest BCUT2D eigenvalue weighted by atomic mass is 9.83. The third-order valence-corrected chi connectivity index (χ3v) is 3.38. The van der Waals surface area contributed by atoms with Gasteiger partial charge < -0.3 is 9.47 Å². The first-order chi connectivity index (χ1) is 7.35. The molecular weight excluding hydrogens is 194 g/mol. The van der Waals surface area contributed by atoms with Crippen LogP contribution in [0.15, 0.2) is 5.11 Å². The summed E-state index contributed by atoms with van der Waals surface area (Å²) in [6.45, 7) is 2.10. The SMILES string of the molecule is [N-]=[N+]=NCCC1CCC2(CC1)OCCO2. The molecule has 1 aliphatic carbocycles. The van der Waals surface area contributed by atoms with Crippen molar-refractivity contribution in [3.05, 3.63) is 10.4 Å². The van der Waals surface area contributed by atoms with Crippen LogP contribution >= 0.6 is 0 Å². The standard InChI is InChI=1S/C10H17N3O2/c11-13-12-6-3-9-1-4-10(5-2-9)14-7-8-15-10/h9H,1-8H2. The van der Waals surface area contributed by atoms with Gasteiger partial charge in [-0.15, -0.1) is 0 Å². The molecular formula is C10H17N3O2. The van der Waals surface area contributed by atoms with E-state index in [1.54, 1.807) is 0 Å². The highest BCUT2D eigenvalue weighted by Crippen LogP contribution is 2.39. The Labute approximate surface area is 89.4 Å². The second-order valence-electron chi connectivity index (χ2n) is 4.29. The molecule has 0 amide bonds. The summed E-state index contributed by atoms with van der Waals surface area (Å²) in [5, 5.41) is 3.57. The number of azide groups is 1. The summed E-state index contributed by atoms with van der Waals surface area (Å²) in [7, 11) is 0. The molecule has 1 saturated carbocycles. The number of ether oxygens (including phenoxy) is 2. The highest BCUT2D eigenvalue weighted by Gasteiger charge is 2.39. The molecule has 0 aromatic rings. The topological polar surface area (TPSA) is 67.2 Å². The van der Waals surface area contributed by atoms with Crippen LogP contribution in [0.1, 0.15) is 32.1 Å². The minimum absolute atomic E-state index is 0.255. The molecule has 1 aliphatic heterocycles. The van der Waals surface area contributed by atoms with Crippen LogP contribution in [0.5, 0.6) is 0 Å². The molecule has 2 rings (SSSR count). The summed E-state index contributed by atoms with van der Waals surface area (Å²) in [5.41, 5.74) is 8.18. The van der Waals surface area contributed by atoms with Crippen LogP contribution in [0.4, 0.5) is 0 Å². The Balaban J connectivity index is 1.74. The van der Waals surface area contributed by atoms with Crippen LogP contribution in [-0.4, -0.2) is 25.5 Å². The van der Waals surface area contributed by atoms with Gasteiger partial charge in [-0.3, -0.25) is 0 Å². The van der Waals surface area contributed by atoms with Gasteiger partial charge in [-0.1, -0.05) is 5.11 Å². The highest BCUT2D eigenvalue weighted by atomic mass is 16.7. The van der Waals surface area contributed by atoms with Gasteiger partial charge in [-0.2, -0.15) is 0 Å². The lowest BCUT2D eigenvalue weighted by Gasteiger charge is -2.35. The Hall–Kier alpha value is -0.770. The molecule has 5 nitrogen and oxygen atoms in total. The van der Waals surface area contributed by atoms with Gasteiger partial charge in [0.05, 0.1) is 13.2 Å². The minimum Gasteiger partial charge on any atom is -0.348 e. The van der Waals surface area contributed by atoms with E-state index in [0.29, 0.717) is 12.5 Å². The maximum atomic E-state index is 8.18. The Bertz CT molecular complexity index is 247. The molecule has 0 radical (unpaired) electrons. The quantitative estimate of drug-likeness (QED) is 0.409. The van der Waals surface area contributed by atoms with Crippen molar-refractivity contribution in [3.63, 3.8) is 0 Å². The molecule has 0 atom stereocenters. The normalized spacial score (nSPS) is 25.3. The van der Waals surface area contributed by atoms with Gasteiger partial charge in [0, 0.05) is 24.3 Å². The zero-order valence-electron chi connectivity index (χ0n) is 8.89. The van der Waals surface area contributed by atoms with Crippen LogP contribution < -0.4 is 0 Å². The lowest BCUT2D eigenvalue weighted by Crippen LogP contribution is -2.35. The molecule has 1 saturated heterocycles. The van der Waals surface area contributed by atoms with E-state index in [0.717, 1.165) is 45.3 Å². The third kappa shape index (κ3) is 2.62. The maximum Gasteiger partial charge on any atom is 0.168 e. The molecule has 2 aliphatic rings. The number of nitrogens with zero attached hydrogens (tertiary/aromatic N) is 3. The minimum atomic E-state index is -0.255. The van der Waals surface area contributed by atoms with Gasteiger partial charge in [0.1, 0.15) is 0 Å². The first kappa shape index (κ1) is 10.7. The third-order valence-electron chi connectivity index (χ3n) is 3.38. The van der Waals surface area contributed by atoms with E-state index in [1.165, 1.54) is 0 Å². The lowest BCUT2D eigenvalue weighted by molar-refractivity contribution is -0.182. The molecule has 0 unspecified atom stereocenters. The fraction of sp³-hybridized carbons (Fsp3) is 1.00. The van der Waals surface area contributed by atoms with Crippen molar-refractivity contribution in [3.8, 4) is 0 Å². The van der Waals surface area contributed by atoms with E-state index in [-0.39, 0.29) is 5.79 Å². The average Bonchev–Trinajstić information content (AvgIpc) is 2.71. The van der Waals surface area contributed by atoms with E-state index < -0.39 is 0 Å². The van der Waals surface area contributed by atoms with Gasteiger partial charge in [-0.25, -0.2) is 0 Å². The van der Waals surface area contributed by atoms with E-state index >= 15 is 0 Å². The van der Waals surface area contributed by atoms with Crippen LogP contribution in [-0.2, 0) is 9.47 Å². The van der Waals surface area contributed by atoms with Crippen LogP contribution in [0.25, 0.3) is 10.4 Å². The highest BCUT2D eigenvalue weighted by molar-refractivity contribution is 4.82. The first-order valence-electron chi connectivity index (χ1n) is 5.63. The van der Waals surface area contributed by atoms with Gasteiger partial charge in [-0.05, 0) is 30.7 Å². The number of hydrogen-bond acceptors (Lipinski definition) is 3. The van der Waals surface area contributed by atoms with Crippen molar-refractivity contribution < 1.29 is 9.47 Å². The van der Waals surface area contributed by atoms with Crippen molar-refractivity contribution in [2.75, 3.05) is 19.8 Å². The molecule has 2 fully saturated rings. The Morgan fingerprint density at radius 3 is 2.53 bits per heavy atom. The molecule has 5 heteroatoms. The molecule has 1 spiro atoms. The van der Waals surface area contributed by atoms with Crippen LogP contribution in [0, 0.1) is 5.92 Å². The zero-order chi connectivity index (χ0) is 10.6. The van der Waals surface area contributed by atoms with Crippen LogP contribution in [0.3, 0.4) is 0 Å². The summed E-state index contributed by atoms with van der Waals surface area (Å²) >= 11 is 0. The van der Waals surface area contributed by atoms with E-state index in [1.807, 2.05) is 0 Å². The zero-order valence-corrected chi connectivity index (χ0v) is 8.89. The van der Waals surface area contributed by atoms with Crippen LogP contribution in [0.2, 0.25) is 0 Å². The van der Waals surface area contributed by atoms with E-state index in [9.17, 15) is 0 Å². The summed E-state index contributed by atoms with van der Waals surface area (Å²) in [6.07, 6.45) is 5.24. The number of hydrogen-bond donors (Lipinski definition) is 0. The molecule has 0 aromatic carbocycles. The van der Waals surface area contributed by atoms with Crippen molar-refractivity contribution in [1.29, 1.82) is 0 Å². The summed E-state index contributed by atoms with van der Waals surface area (Å²) in [5.74, 6) is 0.420. The predicted octanol–water partition coefficient (Wildman–Crippen LogP) is 2.62. The average molecular weight is 211 g/mol. The maximum absolute atomic E-state index is 8.18. The Kier molecular flexibility index (Phi) is 3.46. The first-order valence-corrected chi connectivity index (χ1v) is 5.63. The second-order valence-corrected chi connectivity index (χ2v) is 4.29. The fourth-order valence-electron chi connectivity index (χ4n) is 2.48. The number of rotatable bonds is 3. The summed E-state index contributed by atoms with van der Waals surface area (Å²) < 4.78 is 11.3. The van der Waals surface area contributed by atoms with E-state index in [2.05, 4.69) is 10.0 Å². The van der Waals surface area contributed by atoms with E-state index in [4.69, 9.17) is 15.0 Å². The van der Waals surface area contributed by atoms with Gasteiger partial charge in [0.15, 0.2) is 5.79 Å². The predicted molar refractivity (Wildman–Crippen MR) is 55.2 cm³/mol. The molecule has 1 heterocycles. The van der Waals surface area contributed by atoms with Gasteiger partial charge >= 0.3 is 0 Å². The Morgan fingerprint density at radius 1 is 1.27 bits per heavy atom. The monoisotopic (exact) mass is 211 g/mol. The second kappa shape index (κ2) is 4.84. The molecule has 0 bridgehead atoms. The van der Waals surface area contributed by atoms with Gasteiger partial charge in [0.2, 0.25) is 0 Å². The molecule has 0 N–H and O–H groups in total. The summed E-state index contributed by atoms with van der Waals surface area (Å²) in [6, 6.07) is 0.